The summed E-state index contributed by atoms with van der Waals surface area (Å²) in [6.45, 7) is 3.79. The van der Waals surface area contributed by atoms with Crippen LogP contribution in [0.4, 0.5) is 10.3 Å². The predicted octanol–water partition coefficient (Wildman–Crippen LogP) is 5.33. The van der Waals surface area contributed by atoms with Crippen LogP contribution in [0.3, 0.4) is 0 Å². The maximum absolute atomic E-state index is 12.5. The Morgan fingerprint density at radius 2 is 1.29 bits per heavy atom. The zero-order valence-electron chi connectivity index (χ0n) is 25.9. The smallest absolute Gasteiger partial charge is 0.339 e. The standard InChI is InChI=1S/C16H12N6OS.C13H10N4O2.C3H4N2S/c1-10-9-11(4-5-17-10)13-19-14-12(3-2-7-22(14)21-13)15(23)20-16-18-6-8-24-16;1-8-7-9(4-5-14-8)11-15-12-10(13(18)19)3-2-6-17(12)16-11;4-3-5-1-2-6-3/h2-9H,1H3,(H,18,20,23);2-7H,1H3,(H,18,19);1-2H,(H2,4,5). The third-order valence-electron chi connectivity index (χ3n) is 6.61. The molecule has 0 bridgehead atoms. The molecule has 8 aromatic rings. The van der Waals surface area contributed by atoms with Gasteiger partial charge in [0.15, 0.2) is 33.2 Å². The molecule has 0 aliphatic heterocycles. The Morgan fingerprint density at radius 1 is 0.735 bits per heavy atom. The van der Waals surface area contributed by atoms with E-state index in [9.17, 15) is 9.59 Å². The molecule has 15 nitrogen and oxygen atoms in total. The number of aromatic carboxylic acids is 1. The van der Waals surface area contributed by atoms with E-state index in [1.807, 2.05) is 37.4 Å². The number of aromatic nitrogens is 10. The first-order valence-corrected chi connectivity index (χ1v) is 16.2. The number of thiazole rings is 2. The SMILES string of the molecule is Cc1cc(-c2nc3c(C(=O)Nc4nccs4)cccn3n2)ccn1.Cc1cc(-c2nc3c(C(=O)O)cccn3n2)ccn1.Nc1nccs1. The molecule has 0 radical (unpaired) electrons. The average molecular weight is 691 g/mol. The van der Waals surface area contributed by atoms with Crippen LogP contribution in [0.5, 0.6) is 0 Å². The van der Waals surface area contributed by atoms with E-state index in [0.717, 1.165) is 22.5 Å². The maximum Gasteiger partial charge on any atom is 0.339 e. The number of carbonyl (C=O) groups excluding carboxylic acids is 1. The molecular formula is C32H26N12O3S2. The lowest BCUT2D eigenvalue weighted by Crippen LogP contribution is -2.13. The second-order valence-corrected chi connectivity index (χ2v) is 11.9. The number of carboxylic acids is 1. The van der Waals surface area contributed by atoms with E-state index >= 15 is 0 Å². The minimum atomic E-state index is -1.02. The first-order valence-electron chi connectivity index (χ1n) is 14.4. The largest absolute Gasteiger partial charge is 0.478 e. The summed E-state index contributed by atoms with van der Waals surface area (Å²) >= 11 is 2.81. The third-order valence-corrected chi connectivity index (χ3v) is 7.91. The second-order valence-electron chi connectivity index (χ2n) is 10.1. The minimum absolute atomic E-state index is 0.132. The Morgan fingerprint density at radius 3 is 1.76 bits per heavy atom. The van der Waals surface area contributed by atoms with Crippen LogP contribution in [-0.4, -0.2) is 66.1 Å². The molecule has 0 saturated heterocycles. The van der Waals surface area contributed by atoms with Gasteiger partial charge in [-0.2, -0.15) is 0 Å². The van der Waals surface area contributed by atoms with Crippen LogP contribution in [0.15, 0.2) is 96.5 Å². The van der Waals surface area contributed by atoms with E-state index in [1.165, 1.54) is 33.3 Å². The quantitative estimate of drug-likeness (QED) is 0.210. The van der Waals surface area contributed by atoms with Crippen molar-refractivity contribution in [3.63, 3.8) is 0 Å². The van der Waals surface area contributed by atoms with Gasteiger partial charge in [0, 0.05) is 70.5 Å². The fourth-order valence-electron chi connectivity index (χ4n) is 4.45. The number of carboxylic acid groups (broad SMARTS) is 1. The van der Waals surface area contributed by atoms with E-state index in [0.29, 0.717) is 38.8 Å². The number of hydrogen-bond donors (Lipinski definition) is 3. The third kappa shape index (κ3) is 7.75. The van der Waals surface area contributed by atoms with E-state index in [1.54, 1.807) is 71.3 Å². The number of nitrogen functional groups attached to an aromatic ring is 1. The Balaban J connectivity index is 0.000000148. The molecule has 49 heavy (non-hydrogen) atoms. The zero-order valence-corrected chi connectivity index (χ0v) is 27.5. The normalized spacial score (nSPS) is 10.6. The summed E-state index contributed by atoms with van der Waals surface area (Å²) in [6, 6.07) is 14.0. The number of hydrogen-bond acceptors (Lipinski definition) is 13. The number of anilines is 2. The highest BCUT2D eigenvalue weighted by atomic mass is 32.1. The van der Waals surface area contributed by atoms with Crippen LogP contribution >= 0.6 is 22.7 Å². The van der Waals surface area contributed by atoms with Crippen molar-refractivity contribution < 1.29 is 14.7 Å². The summed E-state index contributed by atoms with van der Waals surface area (Å²) in [4.78, 5) is 48.5. The van der Waals surface area contributed by atoms with Crippen LogP contribution in [0, 0.1) is 13.8 Å². The highest BCUT2D eigenvalue weighted by Gasteiger charge is 2.17. The van der Waals surface area contributed by atoms with Crippen LogP contribution in [0.25, 0.3) is 34.1 Å². The van der Waals surface area contributed by atoms with E-state index in [2.05, 4.69) is 45.4 Å². The molecule has 1 amide bonds. The highest BCUT2D eigenvalue weighted by Crippen LogP contribution is 2.20. The molecule has 0 unspecified atom stereocenters. The van der Waals surface area contributed by atoms with E-state index in [4.69, 9.17) is 10.8 Å². The molecule has 0 aliphatic rings. The number of nitrogens with one attached hydrogen (secondary N) is 1. The topological polar surface area (TPSA) is 204 Å². The summed E-state index contributed by atoms with van der Waals surface area (Å²) in [5.41, 5.74) is 10.00. The van der Waals surface area contributed by atoms with Crippen LogP contribution in [0.1, 0.15) is 32.1 Å². The number of fused-ring (bicyclic) bond motifs is 2. The maximum atomic E-state index is 12.5. The van der Waals surface area contributed by atoms with Crippen molar-refractivity contribution in [3.05, 3.63) is 119 Å². The van der Waals surface area contributed by atoms with Gasteiger partial charge in [0.25, 0.3) is 5.91 Å². The van der Waals surface area contributed by atoms with Gasteiger partial charge in [-0.05, 0) is 62.4 Å². The first kappa shape index (κ1) is 32.5. The van der Waals surface area contributed by atoms with Gasteiger partial charge in [0.05, 0.1) is 5.56 Å². The Labute approximate surface area is 285 Å². The zero-order chi connectivity index (χ0) is 34.3. The van der Waals surface area contributed by atoms with Crippen LogP contribution in [0.2, 0.25) is 0 Å². The van der Waals surface area contributed by atoms with Gasteiger partial charge in [-0.1, -0.05) is 0 Å². The average Bonchev–Trinajstić information content (AvgIpc) is 3.92. The molecule has 8 rings (SSSR count). The summed E-state index contributed by atoms with van der Waals surface area (Å²) in [5, 5.41) is 25.4. The molecule has 0 spiro atoms. The monoisotopic (exact) mass is 690 g/mol. The van der Waals surface area contributed by atoms with Gasteiger partial charge in [0.1, 0.15) is 5.56 Å². The number of amides is 1. The van der Waals surface area contributed by atoms with Crippen molar-refractivity contribution >= 4 is 56.1 Å². The van der Waals surface area contributed by atoms with Crippen molar-refractivity contribution in [2.75, 3.05) is 11.1 Å². The molecule has 244 valence electrons. The number of pyridine rings is 4. The van der Waals surface area contributed by atoms with Gasteiger partial charge in [-0.15, -0.1) is 32.9 Å². The molecule has 0 atom stereocenters. The van der Waals surface area contributed by atoms with Crippen molar-refractivity contribution in [2.24, 2.45) is 0 Å². The number of nitrogens with zero attached hydrogens (tertiary/aromatic N) is 10. The number of aryl methyl sites for hydroxylation is 2. The highest BCUT2D eigenvalue weighted by molar-refractivity contribution is 7.13. The van der Waals surface area contributed by atoms with Crippen molar-refractivity contribution in [1.29, 1.82) is 0 Å². The molecule has 0 saturated carbocycles. The fourth-order valence-corrected chi connectivity index (χ4v) is 5.36. The Kier molecular flexibility index (Phi) is 9.63. The Bertz CT molecular complexity index is 2370. The summed E-state index contributed by atoms with van der Waals surface area (Å²) in [5.74, 6) is -0.245. The molecule has 0 fully saturated rings. The second kappa shape index (κ2) is 14.5. The van der Waals surface area contributed by atoms with Gasteiger partial charge in [-0.25, -0.2) is 33.8 Å². The summed E-state index contributed by atoms with van der Waals surface area (Å²) in [7, 11) is 0. The lowest BCUT2D eigenvalue weighted by molar-refractivity contribution is 0.0698. The van der Waals surface area contributed by atoms with E-state index < -0.39 is 5.97 Å². The Hall–Kier alpha value is -6.46. The summed E-state index contributed by atoms with van der Waals surface area (Å²) < 4.78 is 3.07. The number of carbonyl (C=O) groups is 2. The van der Waals surface area contributed by atoms with Crippen molar-refractivity contribution in [1.82, 2.24) is 49.1 Å². The molecule has 8 heterocycles. The summed E-state index contributed by atoms with van der Waals surface area (Å²) in [6.07, 6.45) is 10.1. The van der Waals surface area contributed by atoms with Gasteiger partial charge in [0.2, 0.25) is 0 Å². The number of rotatable bonds is 5. The molecule has 8 aromatic heterocycles. The molecule has 17 heteroatoms. The van der Waals surface area contributed by atoms with Crippen molar-refractivity contribution in [3.8, 4) is 22.8 Å². The number of nitrogens with two attached hydrogens (primary N) is 1. The van der Waals surface area contributed by atoms with Crippen molar-refractivity contribution in [2.45, 2.75) is 13.8 Å². The first-order chi connectivity index (χ1) is 23.7. The van der Waals surface area contributed by atoms with E-state index in [-0.39, 0.29) is 11.5 Å². The molecule has 0 aromatic carbocycles. The lowest BCUT2D eigenvalue weighted by Gasteiger charge is -2.02. The lowest BCUT2D eigenvalue weighted by atomic mass is 10.2. The fraction of sp³-hybridized carbons (Fsp3) is 0.0625. The van der Waals surface area contributed by atoms with Gasteiger partial charge in [-0.3, -0.25) is 20.1 Å². The van der Waals surface area contributed by atoms with Gasteiger partial charge < -0.3 is 10.8 Å². The van der Waals surface area contributed by atoms with Gasteiger partial charge >= 0.3 is 5.97 Å². The van der Waals surface area contributed by atoms with Crippen LogP contribution in [-0.2, 0) is 0 Å². The molecule has 0 aliphatic carbocycles. The molecular weight excluding hydrogens is 665 g/mol. The van der Waals surface area contributed by atoms with Crippen LogP contribution < -0.4 is 11.1 Å². The minimum Gasteiger partial charge on any atom is -0.478 e. The predicted molar refractivity (Wildman–Crippen MR) is 185 cm³/mol. The molecule has 4 N–H and O–H groups in total.